The van der Waals surface area contributed by atoms with Gasteiger partial charge in [0.1, 0.15) is 9.57 Å². The van der Waals surface area contributed by atoms with Gasteiger partial charge >= 0.3 is 0 Å². The number of para-hydroxylation sites is 2. The minimum Gasteiger partial charge on any atom is -0.268 e. The Hall–Kier alpha value is -2.97. The van der Waals surface area contributed by atoms with Crippen LogP contribution in [0.2, 0.25) is 5.02 Å². The molecule has 1 fully saturated rings. The zero-order chi connectivity index (χ0) is 22.9. The second-order valence-electron chi connectivity index (χ2n) is 7.12. The van der Waals surface area contributed by atoms with Crippen LogP contribution in [0.4, 0.5) is 5.69 Å². The number of amides is 1. The van der Waals surface area contributed by atoms with Gasteiger partial charge in [-0.15, -0.1) is 11.3 Å². The van der Waals surface area contributed by atoms with Crippen molar-refractivity contribution in [2.45, 2.75) is 0 Å². The van der Waals surface area contributed by atoms with Gasteiger partial charge in [0.2, 0.25) is 0 Å². The van der Waals surface area contributed by atoms with Crippen molar-refractivity contribution in [3.05, 3.63) is 115 Å². The highest BCUT2D eigenvalue weighted by atomic mass is 35.5. The van der Waals surface area contributed by atoms with Crippen LogP contribution >= 0.6 is 46.9 Å². The molecule has 0 saturated carbocycles. The average Bonchev–Trinajstić information content (AvgIpc) is 3.31. The molecular weight excluding hydrogens is 492 g/mol. The zero-order valence-corrected chi connectivity index (χ0v) is 20.2. The maximum absolute atomic E-state index is 13.5. The standard InChI is InChI=1S/C25H15ClN2O2S3/c26-17-13-11-16(12-14-17)15-20-22(29)27(18-7-3-1-4-8-18)24(32-20)21-23(30)28(25(31)33-21)19-9-5-2-6-10-19/h1-15H/b20-15-,24-21+. The SMILES string of the molecule is O=C1/C(=c2\s/c(=C\c3ccc(Cl)cc3)c(=O)n2-c2ccccc2)SC(=S)N1c1ccccc1. The molecule has 2 heterocycles. The summed E-state index contributed by atoms with van der Waals surface area (Å²) in [6.07, 6.45) is 1.81. The van der Waals surface area contributed by atoms with E-state index in [0.29, 0.717) is 34.8 Å². The first-order valence-electron chi connectivity index (χ1n) is 9.93. The first-order chi connectivity index (χ1) is 16.0. The molecule has 3 aromatic carbocycles. The molecule has 0 bridgehead atoms. The van der Waals surface area contributed by atoms with Crippen molar-refractivity contribution in [1.82, 2.24) is 4.57 Å². The van der Waals surface area contributed by atoms with Gasteiger partial charge in [0.15, 0.2) is 4.32 Å². The Balaban J connectivity index is 1.76. The van der Waals surface area contributed by atoms with E-state index in [0.717, 1.165) is 5.56 Å². The highest BCUT2D eigenvalue weighted by Crippen LogP contribution is 2.35. The Morgan fingerprint density at radius 2 is 1.42 bits per heavy atom. The molecule has 0 unspecified atom stereocenters. The molecule has 0 N–H and O–H groups in total. The summed E-state index contributed by atoms with van der Waals surface area (Å²) in [5.74, 6) is -0.236. The van der Waals surface area contributed by atoms with Crippen LogP contribution in [0.25, 0.3) is 16.7 Å². The van der Waals surface area contributed by atoms with E-state index in [1.165, 1.54) is 28.0 Å². The van der Waals surface area contributed by atoms with Crippen LogP contribution in [0.1, 0.15) is 5.56 Å². The van der Waals surface area contributed by atoms with Gasteiger partial charge in [-0.05, 0) is 48.0 Å². The van der Waals surface area contributed by atoms with Gasteiger partial charge in [0, 0.05) is 5.02 Å². The Kier molecular flexibility index (Phi) is 6.03. The minimum atomic E-state index is -0.236. The lowest BCUT2D eigenvalue weighted by Gasteiger charge is -2.13. The molecule has 4 aromatic rings. The van der Waals surface area contributed by atoms with Crippen molar-refractivity contribution in [2.24, 2.45) is 0 Å². The van der Waals surface area contributed by atoms with E-state index in [2.05, 4.69) is 0 Å². The van der Waals surface area contributed by atoms with Crippen molar-refractivity contribution in [2.75, 3.05) is 4.90 Å². The van der Waals surface area contributed by atoms with Crippen molar-refractivity contribution in [3.63, 3.8) is 0 Å². The fourth-order valence-electron chi connectivity index (χ4n) is 3.45. The summed E-state index contributed by atoms with van der Waals surface area (Å²) in [4.78, 5) is 28.9. The number of nitrogens with zero attached hydrogens (tertiary/aromatic N) is 2. The largest absolute Gasteiger partial charge is 0.273 e. The highest BCUT2D eigenvalue weighted by Gasteiger charge is 2.35. The highest BCUT2D eigenvalue weighted by molar-refractivity contribution is 8.31. The predicted molar refractivity (Wildman–Crippen MR) is 142 cm³/mol. The van der Waals surface area contributed by atoms with Crippen molar-refractivity contribution < 1.29 is 4.79 Å². The summed E-state index contributed by atoms with van der Waals surface area (Å²) < 4.78 is 3.09. The van der Waals surface area contributed by atoms with E-state index >= 15 is 0 Å². The van der Waals surface area contributed by atoms with Crippen molar-refractivity contribution in [1.29, 1.82) is 0 Å². The summed E-state index contributed by atoms with van der Waals surface area (Å²) in [5, 5.41) is 0.624. The van der Waals surface area contributed by atoms with Gasteiger partial charge in [-0.3, -0.25) is 19.1 Å². The third-order valence-corrected chi connectivity index (χ3v) is 7.82. The number of hydrogen-bond donors (Lipinski definition) is 0. The third kappa shape index (κ3) is 4.20. The van der Waals surface area contributed by atoms with Crippen LogP contribution in [-0.4, -0.2) is 14.8 Å². The number of aromatic nitrogens is 1. The molecule has 1 saturated heterocycles. The lowest BCUT2D eigenvalue weighted by atomic mass is 10.2. The lowest BCUT2D eigenvalue weighted by molar-refractivity contribution is -0.112. The molecule has 0 atom stereocenters. The maximum Gasteiger partial charge on any atom is 0.273 e. The Bertz CT molecular complexity index is 1540. The Morgan fingerprint density at radius 3 is 2.06 bits per heavy atom. The summed E-state index contributed by atoms with van der Waals surface area (Å²) in [6, 6.07) is 25.8. The molecule has 0 radical (unpaired) electrons. The normalized spacial score (nSPS) is 16.0. The van der Waals surface area contributed by atoms with Gasteiger partial charge in [-0.25, -0.2) is 0 Å². The first-order valence-corrected chi connectivity index (χ1v) is 12.3. The summed E-state index contributed by atoms with van der Waals surface area (Å²) >= 11 is 14.0. The average molecular weight is 507 g/mol. The van der Waals surface area contributed by atoms with E-state index in [1.54, 1.807) is 16.7 Å². The zero-order valence-electron chi connectivity index (χ0n) is 17.0. The van der Waals surface area contributed by atoms with Crippen molar-refractivity contribution in [3.8, 4) is 5.69 Å². The number of benzene rings is 3. The van der Waals surface area contributed by atoms with Gasteiger partial charge in [0.05, 0.1) is 15.9 Å². The summed E-state index contributed by atoms with van der Waals surface area (Å²) in [7, 11) is 0. The molecule has 4 nitrogen and oxygen atoms in total. The second-order valence-corrected chi connectivity index (χ2v) is 10.2. The first kappa shape index (κ1) is 21.9. The van der Waals surface area contributed by atoms with Gasteiger partial charge < -0.3 is 0 Å². The molecule has 5 rings (SSSR count). The summed E-state index contributed by atoms with van der Waals surface area (Å²) in [5.41, 5.74) is 2.05. The van der Waals surface area contributed by atoms with E-state index in [1.807, 2.05) is 78.9 Å². The van der Waals surface area contributed by atoms with Crippen LogP contribution < -0.4 is 19.7 Å². The van der Waals surface area contributed by atoms with Gasteiger partial charge in [-0.1, -0.05) is 84.1 Å². The van der Waals surface area contributed by atoms with E-state index in [-0.39, 0.29) is 11.5 Å². The molecule has 1 aliphatic heterocycles. The Labute approximate surface area is 208 Å². The quantitative estimate of drug-likeness (QED) is 0.382. The molecule has 0 spiro atoms. The van der Waals surface area contributed by atoms with Crippen LogP contribution in [-0.2, 0) is 4.79 Å². The van der Waals surface area contributed by atoms with E-state index in [4.69, 9.17) is 23.8 Å². The number of thiocarbonyl (C=S) groups is 1. The Morgan fingerprint density at radius 1 is 0.818 bits per heavy atom. The van der Waals surface area contributed by atoms with Gasteiger partial charge in [0.25, 0.3) is 11.5 Å². The fraction of sp³-hybridized carbons (Fsp3) is 0. The minimum absolute atomic E-state index is 0.193. The number of anilines is 1. The number of carbonyl (C=O) groups excluding carboxylic acids is 1. The maximum atomic E-state index is 13.5. The number of halogens is 1. The number of carbonyl (C=O) groups is 1. The molecule has 162 valence electrons. The molecule has 33 heavy (non-hydrogen) atoms. The second kappa shape index (κ2) is 9.11. The topological polar surface area (TPSA) is 42.3 Å². The monoisotopic (exact) mass is 506 g/mol. The smallest absolute Gasteiger partial charge is 0.268 e. The molecule has 8 heteroatoms. The number of rotatable bonds is 3. The van der Waals surface area contributed by atoms with Crippen LogP contribution in [0.5, 0.6) is 0 Å². The third-order valence-electron chi connectivity index (χ3n) is 4.98. The molecule has 1 aromatic heterocycles. The molecule has 1 aliphatic rings. The lowest BCUT2D eigenvalue weighted by Crippen LogP contribution is -2.32. The molecule has 1 amide bonds. The van der Waals surface area contributed by atoms with Crippen molar-refractivity contribution >= 4 is 73.8 Å². The van der Waals surface area contributed by atoms with Crippen LogP contribution in [0.15, 0.2) is 89.7 Å². The summed E-state index contributed by atoms with van der Waals surface area (Å²) in [6.45, 7) is 0. The van der Waals surface area contributed by atoms with Crippen LogP contribution in [0.3, 0.4) is 0 Å². The fourth-order valence-corrected chi connectivity index (χ4v) is 6.12. The number of thioether (sulfide) groups is 1. The van der Waals surface area contributed by atoms with E-state index in [9.17, 15) is 9.59 Å². The van der Waals surface area contributed by atoms with Gasteiger partial charge in [-0.2, -0.15) is 0 Å². The van der Waals surface area contributed by atoms with E-state index < -0.39 is 0 Å². The van der Waals surface area contributed by atoms with Crippen LogP contribution in [0, 0.1) is 0 Å². The molecular formula is C25H15ClN2O2S3. The number of thiazole rings is 1. The molecule has 0 aliphatic carbocycles. The predicted octanol–water partition coefficient (Wildman–Crippen LogP) is 4.55. The number of hydrogen-bond acceptors (Lipinski definition) is 5.